The summed E-state index contributed by atoms with van der Waals surface area (Å²) in [7, 11) is 3.19. The van der Waals surface area contributed by atoms with Gasteiger partial charge in [-0.25, -0.2) is 4.68 Å². The van der Waals surface area contributed by atoms with Crippen molar-refractivity contribution in [3.63, 3.8) is 0 Å². The molecule has 1 aromatic heterocycles. The second kappa shape index (κ2) is 8.41. The van der Waals surface area contributed by atoms with Crippen molar-refractivity contribution in [2.75, 3.05) is 19.8 Å². The summed E-state index contributed by atoms with van der Waals surface area (Å²) >= 11 is 18.6. The van der Waals surface area contributed by atoms with Gasteiger partial charge in [0, 0.05) is 24.7 Å². The van der Waals surface area contributed by atoms with E-state index in [9.17, 15) is 9.59 Å². The van der Waals surface area contributed by atoms with Gasteiger partial charge in [-0.05, 0) is 42.0 Å². The maximum atomic E-state index is 12.8. The highest BCUT2D eigenvalue weighted by Crippen LogP contribution is 2.30. The van der Waals surface area contributed by atoms with E-state index < -0.39 is 0 Å². The van der Waals surface area contributed by atoms with Crippen molar-refractivity contribution >= 4 is 52.3 Å². The number of ketones is 1. The highest BCUT2D eigenvalue weighted by molar-refractivity contribution is 6.41. The molecule has 1 amide bonds. The van der Waals surface area contributed by atoms with E-state index in [0.29, 0.717) is 16.1 Å². The van der Waals surface area contributed by atoms with Gasteiger partial charge in [-0.3, -0.25) is 9.59 Å². The first-order valence-electron chi connectivity index (χ1n) is 8.37. The van der Waals surface area contributed by atoms with Crippen LogP contribution >= 0.6 is 34.8 Å². The van der Waals surface area contributed by atoms with Crippen LogP contribution in [-0.4, -0.2) is 45.7 Å². The smallest absolute Gasteiger partial charge is 0.277 e. The molecule has 0 aliphatic carbocycles. The molecule has 0 aliphatic rings. The van der Waals surface area contributed by atoms with E-state index in [2.05, 4.69) is 10.3 Å². The molecule has 2 aromatic carbocycles. The lowest BCUT2D eigenvalue weighted by molar-refractivity contribution is 0.0822. The van der Waals surface area contributed by atoms with Gasteiger partial charge in [0.1, 0.15) is 0 Å². The fraction of sp³-hybridized carbons (Fsp3) is 0.158. The van der Waals surface area contributed by atoms with Gasteiger partial charge in [-0.1, -0.05) is 40.0 Å². The summed E-state index contributed by atoms with van der Waals surface area (Å²) in [6, 6.07) is 9.64. The van der Waals surface area contributed by atoms with E-state index in [1.165, 1.54) is 9.58 Å². The third-order valence-electron chi connectivity index (χ3n) is 4.15. The van der Waals surface area contributed by atoms with Crippen LogP contribution in [-0.2, 0) is 6.54 Å². The Balaban J connectivity index is 1.89. The van der Waals surface area contributed by atoms with Crippen LogP contribution in [0.5, 0.6) is 0 Å². The molecule has 3 rings (SSSR count). The molecule has 0 bridgehead atoms. The minimum atomic E-state index is -0.353. The molecule has 29 heavy (non-hydrogen) atoms. The summed E-state index contributed by atoms with van der Waals surface area (Å²) in [5.74, 6) is -0.548. The van der Waals surface area contributed by atoms with Crippen molar-refractivity contribution in [2.24, 2.45) is 0 Å². The van der Waals surface area contributed by atoms with Crippen molar-refractivity contribution < 1.29 is 9.59 Å². The van der Waals surface area contributed by atoms with E-state index in [-0.39, 0.29) is 45.4 Å². The molecule has 0 spiro atoms. The fourth-order valence-corrected chi connectivity index (χ4v) is 3.48. The average Bonchev–Trinajstić information content (AvgIpc) is 3.01. The molecule has 0 atom stereocenters. The minimum Gasteiger partial charge on any atom is -0.382 e. The summed E-state index contributed by atoms with van der Waals surface area (Å²) in [5, 5.41) is 8.65. The number of hydrogen-bond acceptors (Lipinski definition) is 5. The van der Waals surface area contributed by atoms with E-state index in [4.69, 9.17) is 40.5 Å². The number of aromatic nitrogens is 3. The number of anilines is 1. The van der Waals surface area contributed by atoms with Gasteiger partial charge in [0.2, 0.25) is 0 Å². The Morgan fingerprint density at radius 1 is 1.07 bits per heavy atom. The van der Waals surface area contributed by atoms with E-state index in [1.807, 2.05) is 0 Å². The highest BCUT2D eigenvalue weighted by atomic mass is 35.5. The summed E-state index contributed by atoms with van der Waals surface area (Å²) < 4.78 is 1.36. The zero-order chi connectivity index (χ0) is 21.3. The van der Waals surface area contributed by atoms with Crippen LogP contribution in [0.2, 0.25) is 15.1 Å². The molecular formula is C19H16Cl3N5O2. The third kappa shape index (κ3) is 4.37. The van der Waals surface area contributed by atoms with Crippen LogP contribution < -0.4 is 5.73 Å². The Bertz CT molecular complexity index is 1070. The lowest BCUT2D eigenvalue weighted by atomic mass is 10.0. The fourth-order valence-electron chi connectivity index (χ4n) is 2.65. The number of rotatable bonds is 5. The first kappa shape index (κ1) is 21.1. The molecule has 2 N–H and O–H groups in total. The van der Waals surface area contributed by atoms with Crippen LogP contribution in [0.4, 0.5) is 5.82 Å². The summed E-state index contributed by atoms with van der Waals surface area (Å²) in [5.41, 5.74) is 7.30. The molecule has 0 saturated carbocycles. The standard InChI is InChI=1S/C19H16Cl3N5O2/c1-26(2)19(29)16-18(23)27(25-24-16)9-10-7-13(21)15(14(22)8-10)17(28)11-3-5-12(20)6-4-11/h3-8H,9,23H2,1-2H3. The molecule has 0 aliphatic heterocycles. The van der Waals surface area contributed by atoms with Gasteiger partial charge in [-0.15, -0.1) is 5.10 Å². The Kier molecular flexibility index (Phi) is 6.12. The number of carbonyl (C=O) groups is 2. The maximum absolute atomic E-state index is 12.8. The Labute approximate surface area is 181 Å². The van der Waals surface area contributed by atoms with E-state index in [1.54, 1.807) is 50.5 Å². The Morgan fingerprint density at radius 3 is 2.21 bits per heavy atom. The number of nitrogens with zero attached hydrogens (tertiary/aromatic N) is 4. The lowest BCUT2D eigenvalue weighted by Crippen LogP contribution is -2.23. The van der Waals surface area contributed by atoms with Crippen molar-refractivity contribution in [1.82, 2.24) is 19.9 Å². The van der Waals surface area contributed by atoms with Gasteiger partial charge < -0.3 is 10.6 Å². The molecular weight excluding hydrogens is 437 g/mol. The zero-order valence-corrected chi connectivity index (χ0v) is 17.8. The van der Waals surface area contributed by atoms with Crippen LogP contribution in [0, 0.1) is 0 Å². The molecule has 1 heterocycles. The summed E-state index contributed by atoms with van der Waals surface area (Å²) in [6.07, 6.45) is 0. The monoisotopic (exact) mass is 451 g/mol. The van der Waals surface area contributed by atoms with Gasteiger partial charge in [0.25, 0.3) is 5.91 Å². The van der Waals surface area contributed by atoms with Crippen LogP contribution in [0.15, 0.2) is 36.4 Å². The molecule has 0 radical (unpaired) electrons. The topological polar surface area (TPSA) is 94.1 Å². The zero-order valence-electron chi connectivity index (χ0n) is 15.5. The summed E-state index contributed by atoms with van der Waals surface area (Å²) in [4.78, 5) is 26.2. The van der Waals surface area contributed by atoms with Gasteiger partial charge in [0.05, 0.1) is 22.2 Å². The maximum Gasteiger partial charge on any atom is 0.277 e. The van der Waals surface area contributed by atoms with Gasteiger partial charge >= 0.3 is 0 Å². The van der Waals surface area contributed by atoms with Crippen LogP contribution in [0.3, 0.4) is 0 Å². The normalized spacial score (nSPS) is 10.8. The molecule has 150 valence electrons. The Morgan fingerprint density at radius 2 is 1.66 bits per heavy atom. The third-order valence-corrected chi connectivity index (χ3v) is 5.00. The first-order chi connectivity index (χ1) is 13.7. The van der Waals surface area contributed by atoms with E-state index in [0.717, 1.165) is 0 Å². The number of nitrogens with two attached hydrogens (primary N) is 1. The van der Waals surface area contributed by atoms with Gasteiger partial charge in [0.15, 0.2) is 17.3 Å². The largest absolute Gasteiger partial charge is 0.382 e. The first-order valence-corrected chi connectivity index (χ1v) is 9.51. The second-order valence-corrected chi connectivity index (χ2v) is 7.70. The average molecular weight is 453 g/mol. The molecule has 3 aromatic rings. The second-order valence-electron chi connectivity index (χ2n) is 6.45. The van der Waals surface area contributed by atoms with E-state index >= 15 is 0 Å². The number of amides is 1. The minimum absolute atomic E-state index is 0.0572. The van der Waals surface area contributed by atoms with Crippen molar-refractivity contribution in [3.8, 4) is 0 Å². The Hall–Kier alpha value is -2.61. The predicted octanol–water partition coefficient (Wildman–Crippen LogP) is 3.80. The van der Waals surface area contributed by atoms with Crippen LogP contribution in [0.1, 0.15) is 32.0 Å². The predicted molar refractivity (Wildman–Crippen MR) is 113 cm³/mol. The number of hydrogen-bond donors (Lipinski definition) is 1. The SMILES string of the molecule is CN(C)C(=O)c1nnn(Cc2cc(Cl)c(C(=O)c3ccc(Cl)cc3)c(Cl)c2)c1N. The highest BCUT2D eigenvalue weighted by Gasteiger charge is 2.21. The number of benzene rings is 2. The van der Waals surface area contributed by atoms with Crippen molar-refractivity contribution in [1.29, 1.82) is 0 Å². The van der Waals surface area contributed by atoms with Gasteiger partial charge in [-0.2, -0.15) is 0 Å². The lowest BCUT2D eigenvalue weighted by Gasteiger charge is -2.11. The van der Waals surface area contributed by atoms with Crippen molar-refractivity contribution in [2.45, 2.75) is 6.54 Å². The van der Waals surface area contributed by atoms with Crippen LogP contribution in [0.25, 0.3) is 0 Å². The molecule has 7 nitrogen and oxygen atoms in total. The number of carbonyl (C=O) groups excluding carboxylic acids is 2. The quantitative estimate of drug-likeness (QED) is 0.594. The molecule has 10 heteroatoms. The number of nitrogen functional groups attached to an aromatic ring is 1. The molecule has 0 unspecified atom stereocenters. The molecule has 0 fully saturated rings. The van der Waals surface area contributed by atoms with Crippen molar-refractivity contribution in [3.05, 3.63) is 73.9 Å². The number of halogens is 3. The molecule has 0 saturated heterocycles. The summed E-state index contributed by atoms with van der Waals surface area (Å²) in [6.45, 7) is 0.175.